The second-order valence-corrected chi connectivity index (χ2v) is 8.11. The zero-order valence-electron chi connectivity index (χ0n) is 17.5. The summed E-state index contributed by atoms with van der Waals surface area (Å²) in [6.45, 7) is 4.43. The number of ketones is 1. The quantitative estimate of drug-likeness (QED) is 0.377. The van der Waals surface area contributed by atoms with Crippen molar-refractivity contribution in [3.8, 4) is 5.75 Å². The standard InChI is InChI=1S/C22H23ClN4O3S/c1-4-27-20(14(2)24-21(29)16-5-9-17(23)10-6-16)25-26-22(27)31-13-19(28)15-7-11-18(30-3)12-8-15/h5-12,14H,4,13H2,1-3H3,(H,24,29). The lowest BCUT2D eigenvalue weighted by Gasteiger charge is -2.15. The Balaban J connectivity index is 1.65. The van der Waals surface area contributed by atoms with Crippen molar-refractivity contribution in [2.45, 2.75) is 31.6 Å². The highest BCUT2D eigenvalue weighted by atomic mass is 35.5. The van der Waals surface area contributed by atoms with Gasteiger partial charge in [-0.3, -0.25) is 9.59 Å². The van der Waals surface area contributed by atoms with Gasteiger partial charge in [-0.15, -0.1) is 10.2 Å². The van der Waals surface area contributed by atoms with Gasteiger partial charge in [-0.1, -0.05) is 23.4 Å². The molecule has 1 heterocycles. The van der Waals surface area contributed by atoms with Gasteiger partial charge in [-0.25, -0.2) is 0 Å². The first kappa shape index (κ1) is 22.8. The van der Waals surface area contributed by atoms with Crippen LogP contribution in [-0.2, 0) is 6.54 Å². The molecule has 0 aliphatic rings. The fraction of sp³-hybridized carbons (Fsp3) is 0.273. The molecule has 0 spiro atoms. The van der Waals surface area contributed by atoms with Gasteiger partial charge in [0.25, 0.3) is 5.91 Å². The third-order valence-electron chi connectivity index (χ3n) is 4.65. The van der Waals surface area contributed by atoms with Gasteiger partial charge in [-0.2, -0.15) is 0 Å². The highest BCUT2D eigenvalue weighted by Crippen LogP contribution is 2.22. The van der Waals surface area contributed by atoms with Crippen LogP contribution in [0.5, 0.6) is 5.75 Å². The molecule has 1 unspecified atom stereocenters. The number of hydrogen-bond acceptors (Lipinski definition) is 6. The van der Waals surface area contributed by atoms with E-state index in [-0.39, 0.29) is 23.5 Å². The summed E-state index contributed by atoms with van der Waals surface area (Å²) in [6, 6.07) is 13.3. The first-order valence-electron chi connectivity index (χ1n) is 9.72. The molecule has 1 aromatic heterocycles. The molecule has 3 aromatic rings. The van der Waals surface area contributed by atoms with E-state index in [1.165, 1.54) is 11.8 Å². The maximum atomic E-state index is 12.5. The highest BCUT2D eigenvalue weighted by Gasteiger charge is 2.20. The van der Waals surface area contributed by atoms with Crippen molar-refractivity contribution in [3.63, 3.8) is 0 Å². The zero-order chi connectivity index (χ0) is 22.4. The Morgan fingerprint density at radius 3 is 2.35 bits per heavy atom. The van der Waals surface area contributed by atoms with Crippen LogP contribution in [0.3, 0.4) is 0 Å². The molecule has 162 valence electrons. The van der Waals surface area contributed by atoms with Gasteiger partial charge in [0, 0.05) is 22.7 Å². The van der Waals surface area contributed by atoms with E-state index in [2.05, 4.69) is 15.5 Å². The van der Waals surface area contributed by atoms with E-state index in [0.29, 0.717) is 39.4 Å². The molecule has 0 fully saturated rings. The number of rotatable bonds is 9. The number of ether oxygens (including phenoxy) is 1. The Kier molecular flexibility index (Phi) is 7.70. The molecule has 7 nitrogen and oxygen atoms in total. The minimum absolute atomic E-state index is 0.0102. The molecule has 0 aliphatic carbocycles. The van der Waals surface area contributed by atoms with Crippen molar-refractivity contribution in [2.24, 2.45) is 0 Å². The van der Waals surface area contributed by atoms with E-state index in [4.69, 9.17) is 16.3 Å². The van der Waals surface area contributed by atoms with E-state index in [1.807, 2.05) is 18.4 Å². The summed E-state index contributed by atoms with van der Waals surface area (Å²) >= 11 is 7.20. The lowest BCUT2D eigenvalue weighted by atomic mass is 10.1. The fourth-order valence-corrected chi connectivity index (χ4v) is 3.99. The number of halogens is 1. The molecule has 2 aromatic carbocycles. The van der Waals surface area contributed by atoms with Crippen LogP contribution >= 0.6 is 23.4 Å². The van der Waals surface area contributed by atoms with Gasteiger partial charge < -0.3 is 14.6 Å². The third kappa shape index (κ3) is 5.65. The maximum Gasteiger partial charge on any atom is 0.251 e. The van der Waals surface area contributed by atoms with Gasteiger partial charge in [0.1, 0.15) is 5.75 Å². The normalized spacial score (nSPS) is 11.7. The molecule has 0 aliphatic heterocycles. The Hall–Kier alpha value is -2.84. The number of Topliss-reactive ketones (excluding diaryl/α,β-unsaturated/α-hetero) is 1. The monoisotopic (exact) mass is 458 g/mol. The summed E-state index contributed by atoms with van der Waals surface area (Å²) in [5.41, 5.74) is 1.12. The average molecular weight is 459 g/mol. The number of thioether (sulfide) groups is 1. The first-order chi connectivity index (χ1) is 14.9. The molecular weight excluding hydrogens is 436 g/mol. The number of nitrogens with one attached hydrogen (secondary N) is 1. The fourth-order valence-electron chi connectivity index (χ4n) is 2.96. The third-order valence-corrected chi connectivity index (χ3v) is 5.87. The van der Waals surface area contributed by atoms with Crippen molar-refractivity contribution in [3.05, 3.63) is 70.5 Å². The average Bonchev–Trinajstić information content (AvgIpc) is 3.21. The smallest absolute Gasteiger partial charge is 0.251 e. The SMILES string of the molecule is CCn1c(SCC(=O)c2ccc(OC)cc2)nnc1C(C)NC(=O)c1ccc(Cl)cc1. The molecule has 3 rings (SSSR count). The van der Waals surface area contributed by atoms with E-state index >= 15 is 0 Å². The Bertz CT molecular complexity index is 1050. The largest absolute Gasteiger partial charge is 0.497 e. The van der Waals surface area contributed by atoms with Crippen LogP contribution in [0.15, 0.2) is 53.7 Å². The maximum absolute atomic E-state index is 12.5. The van der Waals surface area contributed by atoms with Crippen LogP contribution < -0.4 is 10.1 Å². The summed E-state index contributed by atoms with van der Waals surface area (Å²) in [6.07, 6.45) is 0. The van der Waals surface area contributed by atoms with Crippen LogP contribution in [0.4, 0.5) is 0 Å². The molecule has 9 heteroatoms. The molecule has 0 saturated heterocycles. The van der Waals surface area contributed by atoms with Crippen LogP contribution in [-0.4, -0.2) is 39.3 Å². The zero-order valence-corrected chi connectivity index (χ0v) is 19.0. The number of amides is 1. The Labute approximate surface area is 190 Å². The molecule has 0 saturated carbocycles. The predicted octanol–water partition coefficient (Wildman–Crippen LogP) is 4.43. The summed E-state index contributed by atoms with van der Waals surface area (Å²) in [5.74, 6) is 1.33. The van der Waals surface area contributed by atoms with Gasteiger partial charge in [0.05, 0.1) is 18.9 Å². The summed E-state index contributed by atoms with van der Waals surface area (Å²) < 4.78 is 7.02. The molecule has 0 radical (unpaired) electrons. The van der Waals surface area contributed by atoms with Crippen molar-refractivity contribution in [1.29, 1.82) is 0 Å². The number of carbonyl (C=O) groups excluding carboxylic acids is 2. The summed E-state index contributed by atoms with van der Waals surface area (Å²) in [4.78, 5) is 25.0. The van der Waals surface area contributed by atoms with Gasteiger partial charge in [0.15, 0.2) is 16.8 Å². The van der Waals surface area contributed by atoms with Crippen LogP contribution in [0.25, 0.3) is 0 Å². The lowest BCUT2D eigenvalue weighted by Crippen LogP contribution is -2.28. The van der Waals surface area contributed by atoms with Crippen molar-refractivity contribution < 1.29 is 14.3 Å². The predicted molar refractivity (Wildman–Crippen MR) is 121 cm³/mol. The molecule has 1 atom stereocenters. The summed E-state index contributed by atoms with van der Waals surface area (Å²) in [5, 5.41) is 12.6. The topological polar surface area (TPSA) is 86.1 Å². The van der Waals surface area contributed by atoms with Gasteiger partial charge in [-0.05, 0) is 62.4 Å². The number of hydrogen-bond donors (Lipinski definition) is 1. The molecule has 1 N–H and O–H groups in total. The number of methoxy groups -OCH3 is 1. The van der Waals surface area contributed by atoms with Crippen molar-refractivity contribution in [1.82, 2.24) is 20.1 Å². The number of benzene rings is 2. The van der Waals surface area contributed by atoms with E-state index in [1.54, 1.807) is 55.6 Å². The molecular formula is C22H23ClN4O3S. The first-order valence-corrected chi connectivity index (χ1v) is 11.1. The van der Waals surface area contributed by atoms with Crippen LogP contribution in [0.1, 0.15) is 46.4 Å². The molecule has 0 bridgehead atoms. The highest BCUT2D eigenvalue weighted by molar-refractivity contribution is 7.99. The minimum Gasteiger partial charge on any atom is -0.497 e. The van der Waals surface area contributed by atoms with Crippen molar-refractivity contribution >= 4 is 35.1 Å². The Morgan fingerprint density at radius 1 is 1.10 bits per heavy atom. The minimum atomic E-state index is -0.359. The van der Waals surface area contributed by atoms with Crippen molar-refractivity contribution in [2.75, 3.05) is 12.9 Å². The molecule has 1 amide bonds. The van der Waals surface area contributed by atoms with Crippen LogP contribution in [0, 0.1) is 0 Å². The lowest BCUT2D eigenvalue weighted by molar-refractivity contribution is 0.0936. The second kappa shape index (κ2) is 10.5. The van der Waals surface area contributed by atoms with E-state index < -0.39 is 0 Å². The number of aromatic nitrogens is 3. The summed E-state index contributed by atoms with van der Waals surface area (Å²) in [7, 11) is 1.58. The second-order valence-electron chi connectivity index (χ2n) is 6.73. The number of carbonyl (C=O) groups is 2. The Morgan fingerprint density at radius 2 is 1.74 bits per heavy atom. The van der Waals surface area contributed by atoms with Crippen LogP contribution in [0.2, 0.25) is 5.02 Å². The molecule has 31 heavy (non-hydrogen) atoms. The van der Waals surface area contributed by atoms with Gasteiger partial charge >= 0.3 is 0 Å². The van der Waals surface area contributed by atoms with Gasteiger partial charge in [0.2, 0.25) is 0 Å². The number of nitrogens with zero attached hydrogens (tertiary/aromatic N) is 3. The van der Waals surface area contributed by atoms with E-state index in [0.717, 1.165) is 0 Å². The van der Waals surface area contributed by atoms with E-state index in [9.17, 15) is 9.59 Å².